The molecule has 92 valence electrons. The SMILES string of the molecule is NC1CCN(C(=O)c2ccc(Br)c(Cl)c2)CC1. The zero-order valence-electron chi connectivity index (χ0n) is 9.33. The summed E-state index contributed by atoms with van der Waals surface area (Å²) in [4.78, 5) is 14.0. The van der Waals surface area contributed by atoms with Crippen molar-refractivity contribution in [2.24, 2.45) is 5.73 Å². The molecule has 1 fully saturated rings. The third-order valence-electron chi connectivity index (χ3n) is 2.99. The number of hydrogen-bond donors (Lipinski definition) is 1. The van der Waals surface area contributed by atoms with Crippen LogP contribution in [0.1, 0.15) is 23.2 Å². The van der Waals surface area contributed by atoms with Gasteiger partial charge in [0.2, 0.25) is 0 Å². The molecule has 0 bridgehead atoms. The minimum absolute atomic E-state index is 0.0336. The van der Waals surface area contributed by atoms with Gasteiger partial charge in [-0.25, -0.2) is 0 Å². The van der Waals surface area contributed by atoms with E-state index in [2.05, 4.69) is 15.9 Å². The molecule has 0 unspecified atom stereocenters. The molecule has 1 saturated heterocycles. The molecule has 1 aromatic rings. The Hall–Kier alpha value is -0.580. The molecule has 1 amide bonds. The lowest BCUT2D eigenvalue weighted by molar-refractivity contribution is 0.0715. The number of amides is 1. The molecule has 0 atom stereocenters. The van der Waals surface area contributed by atoms with Crippen LogP contribution >= 0.6 is 27.5 Å². The predicted octanol–water partition coefficient (Wildman–Crippen LogP) is 2.67. The fourth-order valence-electron chi connectivity index (χ4n) is 1.91. The highest BCUT2D eigenvalue weighted by Crippen LogP contribution is 2.24. The maximum absolute atomic E-state index is 12.2. The molecule has 2 rings (SSSR count). The van der Waals surface area contributed by atoms with Crippen molar-refractivity contribution in [3.05, 3.63) is 33.3 Å². The lowest BCUT2D eigenvalue weighted by Crippen LogP contribution is -2.42. The zero-order chi connectivity index (χ0) is 12.4. The summed E-state index contributed by atoms with van der Waals surface area (Å²) in [6, 6.07) is 5.51. The van der Waals surface area contributed by atoms with Crippen LogP contribution in [0.4, 0.5) is 0 Å². The summed E-state index contributed by atoms with van der Waals surface area (Å²) in [5.74, 6) is 0.0336. The van der Waals surface area contributed by atoms with Gasteiger partial charge < -0.3 is 10.6 Å². The van der Waals surface area contributed by atoms with Gasteiger partial charge in [-0.1, -0.05) is 11.6 Å². The number of carbonyl (C=O) groups excluding carboxylic acids is 1. The molecule has 1 aliphatic heterocycles. The smallest absolute Gasteiger partial charge is 0.253 e. The van der Waals surface area contributed by atoms with Gasteiger partial charge in [-0.05, 0) is 47.0 Å². The number of rotatable bonds is 1. The standard InChI is InChI=1S/C12H14BrClN2O/c13-10-2-1-8(7-11(10)14)12(17)16-5-3-9(15)4-6-16/h1-2,7,9H,3-6,15H2. The quantitative estimate of drug-likeness (QED) is 0.865. The van der Waals surface area contributed by atoms with E-state index in [0.29, 0.717) is 10.6 Å². The molecule has 17 heavy (non-hydrogen) atoms. The third kappa shape index (κ3) is 3.00. The van der Waals surface area contributed by atoms with E-state index in [-0.39, 0.29) is 11.9 Å². The average Bonchev–Trinajstić information content (AvgIpc) is 2.33. The van der Waals surface area contributed by atoms with E-state index < -0.39 is 0 Å². The molecule has 1 heterocycles. The summed E-state index contributed by atoms with van der Waals surface area (Å²) in [6.07, 6.45) is 1.74. The summed E-state index contributed by atoms with van der Waals surface area (Å²) in [6.45, 7) is 1.46. The van der Waals surface area contributed by atoms with Crippen LogP contribution < -0.4 is 5.73 Å². The van der Waals surface area contributed by atoms with E-state index in [1.807, 2.05) is 4.90 Å². The second-order valence-corrected chi connectivity index (χ2v) is 5.52. The molecule has 0 radical (unpaired) electrons. The largest absolute Gasteiger partial charge is 0.339 e. The maximum Gasteiger partial charge on any atom is 0.253 e. The number of nitrogens with two attached hydrogens (primary N) is 1. The first-order chi connectivity index (χ1) is 8.08. The summed E-state index contributed by atoms with van der Waals surface area (Å²) in [7, 11) is 0. The average molecular weight is 318 g/mol. The molecular weight excluding hydrogens is 304 g/mol. The second-order valence-electron chi connectivity index (χ2n) is 4.26. The van der Waals surface area contributed by atoms with E-state index in [0.717, 1.165) is 30.4 Å². The Morgan fingerprint density at radius 3 is 2.65 bits per heavy atom. The Morgan fingerprint density at radius 1 is 1.41 bits per heavy atom. The number of likely N-dealkylation sites (tertiary alicyclic amines) is 1. The number of carbonyl (C=O) groups is 1. The molecule has 0 spiro atoms. The van der Waals surface area contributed by atoms with Crippen LogP contribution in [0.3, 0.4) is 0 Å². The fourth-order valence-corrected chi connectivity index (χ4v) is 2.34. The van der Waals surface area contributed by atoms with E-state index in [4.69, 9.17) is 17.3 Å². The minimum Gasteiger partial charge on any atom is -0.339 e. The van der Waals surface area contributed by atoms with Gasteiger partial charge in [0.25, 0.3) is 5.91 Å². The van der Waals surface area contributed by atoms with Crippen molar-refractivity contribution in [3.63, 3.8) is 0 Å². The van der Waals surface area contributed by atoms with Crippen molar-refractivity contribution in [2.45, 2.75) is 18.9 Å². The van der Waals surface area contributed by atoms with Crippen LogP contribution in [-0.4, -0.2) is 29.9 Å². The summed E-state index contributed by atoms with van der Waals surface area (Å²) >= 11 is 9.29. The number of hydrogen-bond acceptors (Lipinski definition) is 2. The van der Waals surface area contributed by atoms with E-state index >= 15 is 0 Å². The van der Waals surface area contributed by atoms with Crippen LogP contribution in [0.25, 0.3) is 0 Å². The third-order valence-corrected chi connectivity index (χ3v) is 4.23. The van der Waals surface area contributed by atoms with Crippen molar-refractivity contribution >= 4 is 33.4 Å². The predicted molar refractivity (Wildman–Crippen MR) is 72.3 cm³/mol. The highest BCUT2D eigenvalue weighted by molar-refractivity contribution is 9.10. The Kier molecular flexibility index (Phi) is 4.07. The lowest BCUT2D eigenvalue weighted by atomic mass is 10.0. The number of halogens is 2. The van der Waals surface area contributed by atoms with E-state index in [1.165, 1.54) is 0 Å². The van der Waals surface area contributed by atoms with Crippen molar-refractivity contribution in [1.29, 1.82) is 0 Å². The summed E-state index contributed by atoms with van der Waals surface area (Å²) < 4.78 is 0.802. The Morgan fingerprint density at radius 2 is 2.06 bits per heavy atom. The highest BCUT2D eigenvalue weighted by Gasteiger charge is 2.21. The molecule has 1 aliphatic rings. The van der Waals surface area contributed by atoms with Gasteiger partial charge in [-0.2, -0.15) is 0 Å². The van der Waals surface area contributed by atoms with Crippen molar-refractivity contribution < 1.29 is 4.79 Å². The van der Waals surface area contributed by atoms with Gasteiger partial charge in [0, 0.05) is 29.2 Å². The zero-order valence-corrected chi connectivity index (χ0v) is 11.7. The van der Waals surface area contributed by atoms with E-state index in [9.17, 15) is 4.79 Å². The van der Waals surface area contributed by atoms with Crippen molar-refractivity contribution in [2.75, 3.05) is 13.1 Å². The molecular formula is C12H14BrClN2O. The Bertz CT molecular complexity index is 431. The van der Waals surface area contributed by atoms with Crippen LogP contribution in [0.2, 0.25) is 5.02 Å². The summed E-state index contributed by atoms with van der Waals surface area (Å²) in [5.41, 5.74) is 6.45. The number of piperidine rings is 1. The Labute approximate surface area is 114 Å². The first-order valence-electron chi connectivity index (χ1n) is 5.58. The van der Waals surface area contributed by atoms with Crippen molar-refractivity contribution in [3.8, 4) is 0 Å². The normalized spacial score (nSPS) is 17.2. The van der Waals surface area contributed by atoms with Gasteiger partial charge in [-0.3, -0.25) is 4.79 Å². The molecule has 2 N–H and O–H groups in total. The molecule has 0 aliphatic carbocycles. The van der Waals surface area contributed by atoms with Gasteiger partial charge in [0.05, 0.1) is 5.02 Å². The van der Waals surface area contributed by atoms with Gasteiger partial charge in [-0.15, -0.1) is 0 Å². The monoisotopic (exact) mass is 316 g/mol. The first kappa shape index (κ1) is 12.9. The van der Waals surface area contributed by atoms with Gasteiger partial charge in [0.15, 0.2) is 0 Å². The molecule has 1 aromatic carbocycles. The van der Waals surface area contributed by atoms with Crippen LogP contribution in [0.5, 0.6) is 0 Å². The van der Waals surface area contributed by atoms with Crippen LogP contribution in [0.15, 0.2) is 22.7 Å². The second kappa shape index (κ2) is 5.38. The summed E-state index contributed by atoms with van der Waals surface area (Å²) in [5, 5.41) is 0.560. The van der Waals surface area contributed by atoms with Crippen LogP contribution in [0, 0.1) is 0 Å². The topological polar surface area (TPSA) is 46.3 Å². The number of benzene rings is 1. The molecule has 3 nitrogen and oxygen atoms in total. The molecule has 0 saturated carbocycles. The van der Waals surface area contributed by atoms with Gasteiger partial charge >= 0.3 is 0 Å². The first-order valence-corrected chi connectivity index (χ1v) is 6.75. The van der Waals surface area contributed by atoms with E-state index in [1.54, 1.807) is 18.2 Å². The highest BCUT2D eigenvalue weighted by atomic mass is 79.9. The van der Waals surface area contributed by atoms with Gasteiger partial charge in [0.1, 0.15) is 0 Å². The molecule has 0 aromatic heterocycles. The number of nitrogens with zero attached hydrogens (tertiary/aromatic N) is 1. The van der Waals surface area contributed by atoms with Crippen LogP contribution in [-0.2, 0) is 0 Å². The Balaban J connectivity index is 2.11. The fraction of sp³-hybridized carbons (Fsp3) is 0.417. The minimum atomic E-state index is 0.0336. The maximum atomic E-state index is 12.2. The van der Waals surface area contributed by atoms with Crippen molar-refractivity contribution in [1.82, 2.24) is 4.90 Å². The molecule has 5 heteroatoms. The lowest BCUT2D eigenvalue weighted by Gasteiger charge is -2.30.